The molecule has 1 aliphatic rings. The standard InChI is InChI=1S/C13H24O2/c1-5-13(3,4)11-8-6-7-9-12(11)15-10(2)14/h11-12H,5-9H2,1-4H3/t11-,12-/m1/s1. The predicted molar refractivity (Wildman–Crippen MR) is 61.6 cm³/mol. The Labute approximate surface area is 93.4 Å². The molecular weight excluding hydrogens is 188 g/mol. The molecular formula is C13H24O2. The maximum Gasteiger partial charge on any atom is 0.302 e. The van der Waals surface area contributed by atoms with E-state index in [-0.39, 0.29) is 12.1 Å². The van der Waals surface area contributed by atoms with Gasteiger partial charge in [-0.25, -0.2) is 0 Å². The number of hydrogen-bond acceptors (Lipinski definition) is 2. The van der Waals surface area contributed by atoms with Gasteiger partial charge in [-0.2, -0.15) is 0 Å². The summed E-state index contributed by atoms with van der Waals surface area (Å²) in [6.07, 6.45) is 6.05. The van der Waals surface area contributed by atoms with Crippen LogP contribution in [0.25, 0.3) is 0 Å². The lowest BCUT2D eigenvalue weighted by Gasteiger charge is -2.41. The van der Waals surface area contributed by atoms with E-state index in [1.54, 1.807) is 0 Å². The molecule has 2 atom stereocenters. The molecule has 15 heavy (non-hydrogen) atoms. The summed E-state index contributed by atoms with van der Waals surface area (Å²) in [5.41, 5.74) is 0.292. The Kier molecular flexibility index (Phi) is 4.18. The zero-order valence-corrected chi connectivity index (χ0v) is 10.5. The first kappa shape index (κ1) is 12.5. The highest BCUT2D eigenvalue weighted by Gasteiger charge is 2.37. The van der Waals surface area contributed by atoms with Crippen molar-refractivity contribution in [2.45, 2.75) is 65.9 Å². The Bertz CT molecular complexity index is 221. The second-order valence-electron chi connectivity index (χ2n) is 5.38. The average molecular weight is 212 g/mol. The van der Waals surface area contributed by atoms with Crippen molar-refractivity contribution in [1.82, 2.24) is 0 Å². The van der Waals surface area contributed by atoms with Gasteiger partial charge in [0.15, 0.2) is 0 Å². The zero-order valence-electron chi connectivity index (χ0n) is 10.5. The van der Waals surface area contributed by atoms with Gasteiger partial charge in [-0.05, 0) is 24.7 Å². The van der Waals surface area contributed by atoms with Crippen molar-refractivity contribution in [2.75, 3.05) is 0 Å². The van der Waals surface area contributed by atoms with E-state index in [0.29, 0.717) is 11.3 Å². The highest BCUT2D eigenvalue weighted by atomic mass is 16.5. The molecule has 0 N–H and O–H groups in total. The van der Waals surface area contributed by atoms with Crippen LogP contribution in [-0.4, -0.2) is 12.1 Å². The molecule has 0 heterocycles. The molecule has 0 amide bonds. The van der Waals surface area contributed by atoms with Crippen LogP contribution in [0, 0.1) is 11.3 Å². The molecule has 0 aromatic heterocycles. The van der Waals surface area contributed by atoms with Crippen LogP contribution in [-0.2, 0) is 9.53 Å². The van der Waals surface area contributed by atoms with Gasteiger partial charge in [0, 0.05) is 12.8 Å². The average Bonchev–Trinajstić information content (AvgIpc) is 2.17. The van der Waals surface area contributed by atoms with Crippen LogP contribution in [0.2, 0.25) is 0 Å². The molecule has 1 rings (SSSR count). The van der Waals surface area contributed by atoms with Crippen LogP contribution < -0.4 is 0 Å². The fraction of sp³-hybridized carbons (Fsp3) is 0.923. The molecule has 0 spiro atoms. The molecule has 0 saturated heterocycles. The molecule has 1 aliphatic carbocycles. The summed E-state index contributed by atoms with van der Waals surface area (Å²) in [5.74, 6) is 0.416. The second kappa shape index (κ2) is 5.00. The molecule has 0 aromatic carbocycles. The van der Waals surface area contributed by atoms with E-state index in [0.717, 1.165) is 12.8 Å². The highest BCUT2D eigenvalue weighted by molar-refractivity contribution is 5.66. The molecule has 1 fully saturated rings. The van der Waals surface area contributed by atoms with Crippen molar-refractivity contribution in [1.29, 1.82) is 0 Å². The lowest BCUT2D eigenvalue weighted by Crippen LogP contribution is -2.38. The number of carbonyl (C=O) groups is 1. The van der Waals surface area contributed by atoms with Gasteiger partial charge in [0.05, 0.1) is 0 Å². The van der Waals surface area contributed by atoms with E-state index in [9.17, 15) is 4.79 Å². The third kappa shape index (κ3) is 3.22. The monoisotopic (exact) mass is 212 g/mol. The maximum atomic E-state index is 11.1. The van der Waals surface area contributed by atoms with E-state index >= 15 is 0 Å². The zero-order chi connectivity index (χ0) is 11.5. The van der Waals surface area contributed by atoms with Crippen molar-refractivity contribution in [3.8, 4) is 0 Å². The van der Waals surface area contributed by atoms with E-state index in [2.05, 4.69) is 20.8 Å². The van der Waals surface area contributed by atoms with E-state index in [1.165, 1.54) is 26.2 Å². The summed E-state index contributed by atoms with van der Waals surface area (Å²) >= 11 is 0. The molecule has 2 nitrogen and oxygen atoms in total. The molecule has 2 heteroatoms. The summed E-state index contributed by atoms with van der Waals surface area (Å²) in [6.45, 7) is 8.32. The number of rotatable bonds is 3. The number of hydrogen-bond donors (Lipinski definition) is 0. The van der Waals surface area contributed by atoms with Crippen molar-refractivity contribution >= 4 is 5.97 Å². The van der Waals surface area contributed by atoms with Crippen LogP contribution in [0.3, 0.4) is 0 Å². The van der Waals surface area contributed by atoms with Crippen LogP contribution in [0.5, 0.6) is 0 Å². The number of esters is 1. The Balaban J connectivity index is 2.69. The maximum absolute atomic E-state index is 11.1. The van der Waals surface area contributed by atoms with E-state index in [4.69, 9.17) is 4.74 Å². The minimum absolute atomic E-state index is 0.126. The Hall–Kier alpha value is -0.530. The van der Waals surface area contributed by atoms with Gasteiger partial charge in [0.2, 0.25) is 0 Å². The van der Waals surface area contributed by atoms with Gasteiger partial charge in [0.25, 0.3) is 0 Å². The summed E-state index contributed by atoms with van der Waals surface area (Å²) in [6, 6.07) is 0. The number of ether oxygens (including phenoxy) is 1. The SMILES string of the molecule is CCC(C)(C)[C@@H]1CCCC[C@H]1OC(C)=O. The van der Waals surface area contributed by atoms with Crippen molar-refractivity contribution in [2.24, 2.45) is 11.3 Å². The van der Waals surface area contributed by atoms with Gasteiger partial charge in [0.1, 0.15) is 6.10 Å². The lowest BCUT2D eigenvalue weighted by atomic mass is 9.68. The first-order chi connectivity index (χ1) is 6.97. The molecule has 0 unspecified atom stereocenters. The lowest BCUT2D eigenvalue weighted by molar-refractivity contribution is -0.154. The smallest absolute Gasteiger partial charge is 0.302 e. The van der Waals surface area contributed by atoms with Crippen LogP contribution in [0.15, 0.2) is 0 Å². The molecule has 0 aliphatic heterocycles. The van der Waals surface area contributed by atoms with E-state index < -0.39 is 0 Å². The largest absolute Gasteiger partial charge is 0.462 e. The van der Waals surface area contributed by atoms with Crippen LogP contribution in [0.4, 0.5) is 0 Å². The fourth-order valence-corrected chi connectivity index (χ4v) is 2.61. The summed E-state index contributed by atoms with van der Waals surface area (Å²) in [7, 11) is 0. The van der Waals surface area contributed by atoms with E-state index in [1.807, 2.05) is 0 Å². The third-order valence-electron chi connectivity index (χ3n) is 3.93. The van der Waals surface area contributed by atoms with Crippen LogP contribution in [0.1, 0.15) is 59.8 Å². The van der Waals surface area contributed by atoms with Crippen LogP contribution >= 0.6 is 0 Å². The molecule has 88 valence electrons. The molecule has 0 radical (unpaired) electrons. The minimum atomic E-state index is -0.126. The normalized spacial score (nSPS) is 27.5. The Morgan fingerprint density at radius 3 is 2.47 bits per heavy atom. The van der Waals surface area contributed by atoms with Gasteiger partial charge in [-0.3, -0.25) is 4.79 Å². The Morgan fingerprint density at radius 1 is 1.33 bits per heavy atom. The minimum Gasteiger partial charge on any atom is -0.462 e. The van der Waals surface area contributed by atoms with Gasteiger partial charge in [-0.15, -0.1) is 0 Å². The third-order valence-corrected chi connectivity index (χ3v) is 3.93. The van der Waals surface area contributed by atoms with Crippen molar-refractivity contribution in [3.63, 3.8) is 0 Å². The second-order valence-corrected chi connectivity index (χ2v) is 5.38. The molecule has 0 bridgehead atoms. The number of carbonyl (C=O) groups excluding carboxylic acids is 1. The quantitative estimate of drug-likeness (QED) is 0.669. The summed E-state index contributed by atoms with van der Waals surface area (Å²) < 4.78 is 5.45. The van der Waals surface area contributed by atoms with Gasteiger partial charge in [-0.1, -0.05) is 33.6 Å². The fourth-order valence-electron chi connectivity index (χ4n) is 2.61. The topological polar surface area (TPSA) is 26.3 Å². The first-order valence-electron chi connectivity index (χ1n) is 6.14. The van der Waals surface area contributed by atoms with Crippen molar-refractivity contribution in [3.05, 3.63) is 0 Å². The predicted octanol–water partition coefficient (Wildman–Crippen LogP) is 3.54. The first-order valence-corrected chi connectivity index (χ1v) is 6.14. The van der Waals surface area contributed by atoms with Gasteiger partial charge >= 0.3 is 5.97 Å². The summed E-state index contributed by atoms with van der Waals surface area (Å²) in [4.78, 5) is 11.1. The molecule has 0 aromatic rings. The van der Waals surface area contributed by atoms with Gasteiger partial charge < -0.3 is 4.74 Å². The molecule has 1 saturated carbocycles. The van der Waals surface area contributed by atoms with Crippen molar-refractivity contribution < 1.29 is 9.53 Å². The highest BCUT2D eigenvalue weighted by Crippen LogP contribution is 2.41. The Morgan fingerprint density at radius 2 is 1.93 bits per heavy atom. The summed E-state index contributed by atoms with van der Waals surface area (Å²) in [5, 5.41) is 0.